The molecule has 3 aromatic rings. The fraction of sp³-hybridized carbons (Fsp3) is 0.158. The van der Waals surface area contributed by atoms with E-state index in [0.29, 0.717) is 5.39 Å². The minimum atomic E-state index is -5.07. The summed E-state index contributed by atoms with van der Waals surface area (Å²) in [7, 11) is 0. The molecule has 0 aliphatic carbocycles. The first-order chi connectivity index (χ1) is 14.1. The molecule has 0 atom stereocenters. The molecule has 1 aliphatic rings. The van der Waals surface area contributed by atoms with Gasteiger partial charge in [0.05, 0.1) is 0 Å². The van der Waals surface area contributed by atoms with Crippen LogP contribution in [-0.4, -0.2) is 26.8 Å². The number of fused-ring (bicyclic) bond motifs is 2. The third kappa shape index (κ3) is 3.82. The fourth-order valence-electron chi connectivity index (χ4n) is 2.70. The van der Waals surface area contributed by atoms with Gasteiger partial charge in [0.2, 0.25) is 0 Å². The number of benzene rings is 2. The fourth-order valence-corrected chi connectivity index (χ4v) is 3.06. The van der Waals surface area contributed by atoms with Gasteiger partial charge in [-0.3, -0.25) is 4.98 Å². The smallest absolute Gasteiger partial charge is 0.433 e. The molecule has 30 heavy (non-hydrogen) atoms. The Morgan fingerprint density at radius 3 is 2.17 bits per heavy atom. The zero-order valence-electron chi connectivity index (χ0n) is 14.7. The summed E-state index contributed by atoms with van der Waals surface area (Å²) in [6.45, 7) is 0. The standard InChI is InChI=1S/C19H10Cl3F3N2O3/c20-18(21,22)19(29-12-7-1-2-8-13(12)30-19)27-16(17(23,24)25)28-14-9-3-5-11-6-4-10-26-15(11)14/h1-10H/b27-16+. The number of hydrogen-bond donors (Lipinski definition) is 0. The summed E-state index contributed by atoms with van der Waals surface area (Å²) >= 11 is 17.8. The maximum absolute atomic E-state index is 13.8. The Morgan fingerprint density at radius 2 is 1.57 bits per heavy atom. The third-order valence-electron chi connectivity index (χ3n) is 4.00. The topological polar surface area (TPSA) is 52.9 Å². The molecule has 0 spiro atoms. The van der Waals surface area contributed by atoms with Crippen molar-refractivity contribution in [2.24, 2.45) is 4.99 Å². The van der Waals surface area contributed by atoms with Gasteiger partial charge in [-0.2, -0.15) is 18.2 Å². The van der Waals surface area contributed by atoms with Gasteiger partial charge in [0.1, 0.15) is 5.52 Å². The van der Waals surface area contributed by atoms with Gasteiger partial charge >= 0.3 is 18.0 Å². The quantitative estimate of drug-likeness (QED) is 0.255. The molecule has 0 amide bonds. The molecule has 2 aromatic carbocycles. The Morgan fingerprint density at radius 1 is 0.933 bits per heavy atom. The molecule has 1 aliphatic heterocycles. The van der Waals surface area contributed by atoms with Crippen LogP contribution in [0.3, 0.4) is 0 Å². The van der Waals surface area contributed by atoms with E-state index in [4.69, 9.17) is 49.0 Å². The number of nitrogens with zero attached hydrogens (tertiary/aromatic N) is 2. The summed E-state index contributed by atoms with van der Waals surface area (Å²) in [5.41, 5.74) is 0.191. The van der Waals surface area contributed by atoms with Crippen molar-refractivity contribution < 1.29 is 27.4 Å². The average molecular weight is 478 g/mol. The molecular formula is C19H10Cl3F3N2O3. The van der Waals surface area contributed by atoms with Crippen LogP contribution in [-0.2, 0) is 0 Å². The molecule has 0 saturated heterocycles. The van der Waals surface area contributed by atoms with Crippen LogP contribution in [0.25, 0.3) is 10.9 Å². The van der Waals surface area contributed by atoms with E-state index in [2.05, 4.69) is 9.98 Å². The maximum atomic E-state index is 13.8. The first-order valence-corrected chi connectivity index (χ1v) is 9.45. The minimum absolute atomic E-state index is 0.0564. The molecule has 0 fully saturated rings. The summed E-state index contributed by atoms with van der Waals surface area (Å²) in [6.07, 6.45) is -3.65. The number of aliphatic imine (C=N–C) groups is 1. The number of pyridine rings is 1. The Balaban J connectivity index is 1.81. The highest BCUT2D eigenvalue weighted by atomic mass is 35.6. The van der Waals surface area contributed by atoms with E-state index >= 15 is 0 Å². The molecule has 0 unspecified atom stereocenters. The van der Waals surface area contributed by atoms with Crippen LogP contribution in [0.5, 0.6) is 17.2 Å². The van der Waals surface area contributed by atoms with Crippen molar-refractivity contribution in [3.63, 3.8) is 0 Å². The van der Waals surface area contributed by atoms with Crippen LogP contribution in [0.15, 0.2) is 65.8 Å². The Kier molecular flexibility index (Phi) is 5.12. The van der Waals surface area contributed by atoms with E-state index in [1.807, 2.05) is 0 Å². The van der Waals surface area contributed by atoms with Crippen LogP contribution < -0.4 is 14.2 Å². The van der Waals surface area contributed by atoms with Crippen LogP contribution in [0, 0.1) is 0 Å². The van der Waals surface area contributed by atoms with Gasteiger partial charge in [0.15, 0.2) is 17.2 Å². The van der Waals surface area contributed by atoms with Crippen molar-refractivity contribution in [3.05, 3.63) is 60.8 Å². The number of hydrogen-bond acceptors (Lipinski definition) is 5. The van der Waals surface area contributed by atoms with Gasteiger partial charge in [-0.15, -0.1) is 0 Å². The molecule has 1 aromatic heterocycles. The van der Waals surface area contributed by atoms with Crippen molar-refractivity contribution in [2.75, 3.05) is 0 Å². The zero-order valence-corrected chi connectivity index (χ0v) is 16.9. The van der Waals surface area contributed by atoms with E-state index in [1.54, 1.807) is 30.3 Å². The van der Waals surface area contributed by atoms with Gasteiger partial charge < -0.3 is 14.2 Å². The summed E-state index contributed by atoms with van der Waals surface area (Å²) in [5, 5.41) is 0.563. The third-order valence-corrected chi connectivity index (χ3v) is 4.71. The molecule has 11 heteroatoms. The summed E-state index contributed by atoms with van der Waals surface area (Å²) in [4.78, 5) is 7.53. The van der Waals surface area contributed by atoms with E-state index in [-0.39, 0.29) is 22.8 Å². The predicted molar refractivity (Wildman–Crippen MR) is 107 cm³/mol. The largest absolute Gasteiger partial charge is 0.468 e. The second-order valence-electron chi connectivity index (χ2n) is 6.08. The molecule has 0 N–H and O–H groups in total. The molecule has 0 radical (unpaired) electrons. The number of para-hydroxylation sites is 3. The van der Waals surface area contributed by atoms with Gasteiger partial charge in [-0.25, -0.2) is 0 Å². The molecule has 5 nitrogen and oxygen atoms in total. The van der Waals surface area contributed by atoms with Crippen molar-refractivity contribution in [1.82, 2.24) is 4.98 Å². The van der Waals surface area contributed by atoms with E-state index in [9.17, 15) is 13.2 Å². The molecule has 2 heterocycles. The number of rotatable bonds is 2. The Labute approximate surface area is 182 Å². The van der Waals surface area contributed by atoms with Crippen LogP contribution in [0.2, 0.25) is 0 Å². The molecular weight excluding hydrogens is 468 g/mol. The Bertz CT molecular complexity index is 1100. The number of alkyl halides is 6. The average Bonchev–Trinajstić information content (AvgIpc) is 3.06. The molecule has 156 valence electrons. The van der Waals surface area contributed by atoms with Crippen molar-refractivity contribution >= 4 is 51.6 Å². The number of aromatic nitrogens is 1. The van der Waals surface area contributed by atoms with E-state index < -0.39 is 21.8 Å². The molecule has 4 rings (SSSR count). The normalized spacial score (nSPS) is 16.0. The lowest BCUT2D eigenvalue weighted by Gasteiger charge is -2.30. The van der Waals surface area contributed by atoms with Crippen molar-refractivity contribution in [3.8, 4) is 17.2 Å². The van der Waals surface area contributed by atoms with Gasteiger partial charge in [0.25, 0.3) is 3.79 Å². The highest BCUT2D eigenvalue weighted by Gasteiger charge is 2.61. The SMILES string of the molecule is FC(F)(F)/C(=N\C1(C(Cl)(Cl)Cl)Oc2ccccc2O1)Oc1cccc2cccnc12. The zero-order chi connectivity index (χ0) is 21.6. The predicted octanol–water partition coefficient (Wildman–Crippen LogP) is 6.07. The summed E-state index contributed by atoms with van der Waals surface area (Å²) in [6, 6.07) is 13.8. The first kappa shape index (κ1) is 20.8. The summed E-state index contributed by atoms with van der Waals surface area (Å²) < 4.78 is 54.9. The van der Waals surface area contributed by atoms with Crippen LogP contribution in [0.1, 0.15) is 0 Å². The first-order valence-electron chi connectivity index (χ1n) is 8.31. The van der Waals surface area contributed by atoms with E-state index in [0.717, 1.165) is 0 Å². The number of ether oxygens (including phenoxy) is 3. The van der Waals surface area contributed by atoms with Crippen molar-refractivity contribution in [2.45, 2.75) is 15.9 Å². The highest BCUT2D eigenvalue weighted by Crippen LogP contribution is 2.51. The number of halogens is 6. The summed E-state index contributed by atoms with van der Waals surface area (Å²) in [5.74, 6) is -4.48. The highest BCUT2D eigenvalue weighted by molar-refractivity contribution is 6.68. The molecule has 0 saturated carbocycles. The monoisotopic (exact) mass is 476 g/mol. The minimum Gasteiger partial charge on any atom is -0.433 e. The second kappa shape index (κ2) is 7.37. The van der Waals surface area contributed by atoms with Gasteiger partial charge in [-0.05, 0) is 24.3 Å². The lowest BCUT2D eigenvalue weighted by Crippen LogP contribution is -2.51. The maximum Gasteiger partial charge on any atom is 0.468 e. The molecule has 0 bridgehead atoms. The van der Waals surface area contributed by atoms with Gasteiger partial charge in [0, 0.05) is 11.6 Å². The Hall–Kier alpha value is -2.42. The van der Waals surface area contributed by atoms with Crippen LogP contribution >= 0.6 is 34.8 Å². The van der Waals surface area contributed by atoms with Crippen molar-refractivity contribution in [1.29, 1.82) is 0 Å². The second-order valence-corrected chi connectivity index (χ2v) is 8.36. The van der Waals surface area contributed by atoms with Gasteiger partial charge in [-0.1, -0.05) is 65.1 Å². The van der Waals surface area contributed by atoms with Crippen LogP contribution in [0.4, 0.5) is 13.2 Å². The lowest BCUT2D eigenvalue weighted by molar-refractivity contribution is -0.0911. The van der Waals surface area contributed by atoms with E-state index in [1.165, 1.54) is 30.5 Å². The lowest BCUT2D eigenvalue weighted by atomic mass is 10.2.